The lowest BCUT2D eigenvalue weighted by atomic mass is 10.1. The van der Waals surface area contributed by atoms with Crippen molar-refractivity contribution in [1.29, 1.82) is 0 Å². The second-order valence-electron chi connectivity index (χ2n) is 5.40. The zero-order valence-electron chi connectivity index (χ0n) is 14.6. The lowest BCUT2D eigenvalue weighted by molar-refractivity contribution is -0.137. The zero-order chi connectivity index (χ0) is 19.6. The highest BCUT2D eigenvalue weighted by Gasteiger charge is 2.30. The molecule has 0 aliphatic heterocycles. The molecule has 1 heterocycles. The van der Waals surface area contributed by atoms with E-state index < -0.39 is 11.7 Å². The summed E-state index contributed by atoms with van der Waals surface area (Å²) in [7, 11) is 4.43. The Hall–Kier alpha value is -3.23. The normalized spacial score (nSPS) is 11.3. The highest BCUT2D eigenvalue weighted by atomic mass is 19.4. The molecule has 0 unspecified atom stereocenters. The molecule has 0 bridgehead atoms. The Bertz CT molecular complexity index is 912. The summed E-state index contributed by atoms with van der Waals surface area (Å²) in [5, 5.41) is 7.85. The van der Waals surface area contributed by atoms with Gasteiger partial charge in [0.15, 0.2) is 11.5 Å². The summed E-state index contributed by atoms with van der Waals surface area (Å²) < 4.78 is 59.4. The van der Waals surface area contributed by atoms with Crippen molar-refractivity contribution in [3.8, 4) is 40.2 Å². The molecule has 0 saturated carbocycles. The standard InChI is InChI=1S/C18H15F3N2O4/c1-24-13-8-11(9-14(25-2)15(13)26-3)17-23-22-16(27-17)10-4-6-12(7-5-10)18(19,20)21/h4-9H,1-3H3. The van der Waals surface area contributed by atoms with E-state index in [2.05, 4.69) is 10.2 Å². The van der Waals surface area contributed by atoms with Gasteiger partial charge in [-0.05, 0) is 36.4 Å². The molecule has 0 N–H and O–H groups in total. The number of benzene rings is 2. The molecule has 0 fully saturated rings. The Morgan fingerprint density at radius 3 is 1.74 bits per heavy atom. The third-order valence-electron chi connectivity index (χ3n) is 3.80. The number of halogens is 3. The number of rotatable bonds is 5. The first kappa shape index (κ1) is 18.6. The van der Waals surface area contributed by atoms with Crippen molar-refractivity contribution < 1.29 is 31.8 Å². The predicted octanol–water partition coefficient (Wildman–Crippen LogP) is 4.45. The number of hydrogen-bond acceptors (Lipinski definition) is 6. The lowest BCUT2D eigenvalue weighted by Gasteiger charge is -2.12. The fourth-order valence-electron chi connectivity index (χ4n) is 2.46. The molecular formula is C18H15F3N2O4. The van der Waals surface area contributed by atoms with E-state index >= 15 is 0 Å². The van der Waals surface area contributed by atoms with Crippen LogP contribution in [0, 0.1) is 0 Å². The number of hydrogen-bond donors (Lipinski definition) is 0. The van der Waals surface area contributed by atoms with E-state index in [0.717, 1.165) is 12.1 Å². The fraction of sp³-hybridized carbons (Fsp3) is 0.222. The van der Waals surface area contributed by atoms with Crippen LogP contribution in [-0.4, -0.2) is 31.5 Å². The molecule has 0 aliphatic rings. The van der Waals surface area contributed by atoms with E-state index in [1.165, 1.54) is 33.5 Å². The van der Waals surface area contributed by atoms with Gasteiger partial charge in [-0.1, -0.05) is 0 Å². The van der Waals surface area contributed by atoms with Gasteiger partial charge in [0.1, 0.15) is 0 Å². The molecule has 142 valence electrons. The SMILES string of the molecule is COc1cc(-c2nnc(-c3ccc(C(F)(F)F)cc3)o2)cc(OC)c1OC. The number of methoxy groups -OCH3 is 3. The first-order valence-corrected chi connectivity index (χ1v) is 7.69. The molecule has 0 radical (unpaired) electrons. The third-order valence-corrected chi connectivity index (χ3v) is 3.80. The Labute approximate surface area is 152 Å². The topological polar surface area (TPSA) is 66.6 Å². The van der Waals surface area contributed by atoms with Gasteiger partial charge in [0.05, 0.1) is 26.9 Å². The first-order valence-electron chi connectivity index (χ1n) is 7.69. The van der Waals surface area contributed by atoms with Gasteiger partial charge in [-0.25, -0.2) is 0 Å². The molecule has 1 aromatic heterocycles. The van der Waals surface area contributed by atoms with Crippen LogP contribution in [0.15, 0.2) is 40.8 Å². The van der Waals surface area contributed by atoms with Crippen LogP contribution in [0.25, 0.3) is 22.9 Å². The average molecular weight is 380 g/mol. The molecule has 3 rings (SSSR count). The maximum Gasteiger partial charge on any atom is 0.416 e. The molecule has 2 aromatic carbocycles. The van der Waals surface area contributed by atoms with Gasteiger partial charge < -0.3 is 18.6 Å². The van der Waals surface area contributed by atoms with Crippen molar-refractivity contribution in [2.75, 3.05) is 21.3 Å². The molecule has 6 nitrogen and oxygen atoms in total. The summed E-state index contributed by atoms with van der Waals surface area (Å²) in [5.41, 5.74) is 0.125. The monoisotopic (exact) mass is 380 g/mol. The van der Waals surface area contributed by atoms with Gasteiger partial charge in [0.25, 0.3) is 0 Å². The number of alkyl halides is 3. The minimum atomic E-state index is -4.41. The maximum atomic E-state index is 12.7. The van der Waals surface area contributed by atoms with Crippen molar-refractivity contribution in [2.45, 2.75) is 6.18 Å². The van der Waals surface area contributed by atoms with E-state index in [0.29, 0.717) is 28.4 Å². The molecule has 0 aliphatic carbocycles. The van der Waals surface area contributed by atoms with Crippen molar-refractivity contribution in [1.82, 2.24) is 10.2 Å². The maximum absolute atomic E-state index is 12.7. The van der Waals surface area contributed by atoms with Crippen molar-refractivity contribution in [2.24, 2.45) is 0 Å². The summed E-state index contributed by atoms with van der Waals surface area (Å²) in [5.74, 6) is 1.46. The smallest absolute Gasteiger partial charge is 0.416 e. The van der Waals surface area contributed by atoms with Gasteiger partial charge in [-0.15, -0.1) is 10.2 Å². The summed E-state index contributed by atoms with van der Waals surface area (Å²) >= 11 is 0. The predicted molar refractivity (Wildman–Crippen MR) is 89.8 cm³/mol. The quantitative estimate of drug-likeness (QED) is 0.652. The van der Waals surface area contributed by atoms with Crippen LogP contribution < -0.4 is 14.2 Å². The third kappa shape index (κ3) is 3.67. The molecule has 9 heteroatoms. The van der Waals surface area contributed by atoms with Crippen LogP contribution in [0.2, 0.25) is 0 Å². The lowest BCUT2D eigenvalue weighted by Crippen LogP contribution is -2.03. The van der Waals surface area contributed by atoms with Crippen molar-refractivity contribution in [3.63, 3.8) is 0 Å². The number of aromatic nitrogens is 2. The number of nitrogens with zero attached hydrogens (tertiary/aromatic N) is 2. The van der Waals surface area contributed by atoms with Gasteiger partial charge in [-0.2, -0.15) is 13.2 Å². The van der Waals surface area contributed by atoms with Crippen LogP contribution in [0.3, 0.4) is 0 Å². The largest absolute Gasteiger partial charge is 0.493 e. The zero-order valence-corrected chi connectivity index (χ0v) is 14.6. The van der Waals surface area contributed by atoms with Crippen LogP contribution in [0.4, 0.5) is 13.2 Å². The second-order valence-corrected chi connectivity index (χ2v) is 5.40. The van der Waals surface area contributed by atoms with E-state index in [-0.39, 0.29) is 11.8 Å². The van der Waals surface area contributed by atoms with Crippen molar-refractivity contribution >= 4 is 0 Å². The highest BCUT2D eigenvalue weighted by molar-refractivity contribution is 5.66. The molecule has 0 atom stereocenters. The van der Waals surface area contributed by atoms with Gasteiger partial charge in [-0.3, -0.25) is 0 Å². The molecule has 27 heavy (non-hydrogen) atoms. The molecule has 0 saturated heterocycles. The Kier molecular flexibility index (Phi) is 4.93. The van der Waals surface area contributed by atoms with E-state index in [1.807, 2.05) is 0 Å². The van der Waals surface area contributed by atoms with Crippen LogP contribution in [0.1, 0.15) is 5.56 Å². The van der Waals surface area contributed by atoms with Crippen LogP contribution in [0.5, 0.6) is 17.2 Å². The highest BCUT2D eigenvalue weighted by Crippen LogP contribution is 2.41. The molecule has 3 aromatic rings. The molecule has 0 spiro atoms. The first-order chi connectivity index (χ1) is 12.9. The van der Waals surface area contributed by atoms with Crippen LogP contribution in [-0.2, 0) is 6.18 Å². The van der Waals surface area contributed by atoms with E-state index in [1.54, 1.807) is 12.1 Å². The van der Waals surface area contributed by atoms with Gasteiger partial charge in [0, 0.05) is 11.1 Å². The summed E-state index contributed by atoms with van der Waals surface area (Å²) in [6, 6.07) is 7.72. The number of ether oxygens (including phenoxy) is 3. The minimum absolute atomic E-state index is 0.0903. The summed E-state index contributed by atoms with van der Waals surface area (Å²) in [4.78, 5) is 0. The van der Waals surface area contributed by atoms with E-state index in [9.17, 15) is 13.2 Å². The minimum Gasteiger partial charge on any atom is -0.493 e. The Morgan fingerprint density at radius 1 is 0.778 bits per heavy atom. The van der Waals surface area contributed by atoms with Crippen LogP contribution >= 0.6 is 0 Å². The average Bonchev–Trinajstić information content (AvgIpc) is 3.16. The van der Waals surface area contributed by atoms with Crippen molar-refractivity contribution in [3.05, 3.63) is 42.0 Å². The summed E-state index contributed by atoms with van der Waals surface area (Å²) in [6.45, 7) is 0. The van der Waals surface area contributed by atoms with E-state index in [4.69, 9.17) is 18.6 Å². The van der Waals surface area contributed by atoms with Gasteiger partial charge in [0.2, 0.25) is 17.5 Å². The fourth-order valence-corrected chi connectivity index (χ4v) is 2.46. The Balaban J connectivity index is 1.96. The summed E-state index contributed by atoms with van der Waals surface area (Å²) in [6.07, 6.45) is -4.41. The molecule has 0 amide bonds. The molecular weight excluding hydrogens is 365 g/mol. The van der Waals surface area contributed by atoms with Gasteiger partial charge >= 0.3 is 6.18 Å². The second kappa shape index (κ2) is 7.18. The Morgan fingerprint density at radius 2 is 1.30 bits per heavy atom.